The Labute approximate surface area is 86.3 Å². The van der Waals surface area contributed by atoms with Crippen molar-refractivity contribution in [3.63, 3.8) is 0 Å². The van der Waals surface area contributed by atoms with E-state index in [0.717, 1.165) is 13.0 Å². The second-order valence-electron chi connectivity index (χ2n) is 3.49. The number of rotatable bonds is 5. The predicted molar refractivity (Wildman–Crippen MR) is 59.5 cm³/mol. The standard InChI is InChI=1S/C12H19NO/c1-10(13-2)12-6-4-11(5-7-12)8-9-14-3/h4-7,10,13H,8-9H2,1-3H3. The molecule has 1 N–H and O–H groups in total. The summed E-state index contributed by atoms with van der Waals surface area (Å²) in [5.41, 5.74) is 2.66. The first-order valence-electron chi connectivity index (χ1n) is 5.03. The van der Waals surface area contributed by atoms with Gasteiger partial charge in [-0.1, -0.05) is 24.3 Å². The van der Waals surface area contributed by atoms with Crippen LogP contribution < -0.4 is 5.32 Å². The molecule has 0 bridgehead atoms. The molecule has 0 aliphatic heterocycles. The highest BCUT2D eigenvalue weighted by Crippen LogP contribution is 2.12. The Morgan fingerprint density at radius 1 is 1.29 bits per heavy atom. The quantitative estimate of drug-likeness (QED) is 0.773. The van der Waals surface area contributed by atoms with Crippen molar-refractivity contribution in [3.05, 3.63) is 35.4 Å². The average Bonchev–Trinajstić information content (AvgIpc) is 2.26. The van der Waals surface area contributed by atoms with Gasteiger partial charge in [-0.05, 0) is 31.5 Å². The van der Waals surface area contributed by atoms with Crippen LogP contribution in [0.15, 0.2) is 24.3 Å². The molecule has 0 saturated carbocycles. The Bertz CT molecular complexity index is 256. The smallest absolute Gasteiger partial charge is 0.0502 e. The lowest BCUT2D eigenvalue weighted by Gasteiger charge is -2.10. The zero-order chi connectivity index (χ0) is 10.4. The molecule has 1 aromatic rings. The molecule has 78 valence electrons. The molecule has 0 fully saturated rings. The van der Waals surface area contributed by atoms with E-state index in [0.29, 0.717) is 6.04 Å². The molecule has 0 aliphatic carbocycles. The maximum Gasteiger partial charge on any atom is 0.0502 e. The molecule has 0 amide bonds. The molecule has 0 spiro atoms. The van der Waals surface area contributed by atoms with Gasteiger partial charge in [-0.3, -0.25) is 0 Å². The fourth-order valence-corrected chi connectivity index (χ4v) is 1.36. The monoisotopic (exact) mass is 193 g/mol. The van der Waals surface area contributed by atoms with Crippen molar-refractivity contribution in [3.8, 4) is 0 Å². The average molecular weight is 193 g/mol. The van der Waals surface area contributed by atoms with Crippen LogP contribution in [-0.2, 0) is 11.2 Å². The van der Waals surface area contributed by atoms with Crippen LogP contribution in [0.4, 0.5) is 0 Å². The molecule has 14 heavy (non-hydrogen) atoms. The molecule has 0 radical (unpaired) electrons. The molecule has 1 atom stereocenters. The minimum absolute atomic E-state index is 0.423. The third-order valence-corrected chi connectivity index (χ3v) is 2.51. The second kappa shape index (κ2) is 5.78. The number of benzene rings is 1. The summed E-state index contributed by atoms with van der Waals surface area (Å²) in [6.07, 6.45) is 0.991. The first-order chi connectivity index (χ1) is 6.77. The Hall–Kier alpha value is -0.860. The lowest BCUT2D eigenvalue weighted by atomic mass is 10.1. The van der Waals surface area contributed by atoms with E-state index in [2.05, 4.69) is 36.5 Å². The van der Waals surface area contributed by atoms with Gasteiger partial charge in [0.1, 0.15) is 0 Å². The highest BCUT2D eigenvalue weighted by molar-refractivity contribution is 5.24. The fraction of sp³-hybridized carbons (Fsp3) is 0.500. The van der Waals surface area contributed by atoms with Gasteiger partial charge in [0, 0.05) is 13.2 Å². The van der Waals surface area contributed by atoms with Crippen LogP contribution in [0.3, 0.4) is 0 Å². The molecule has 1 aromatic carbocycles. The summed E-state index contributed by atoms with van der Waals surface area (Å²) in [5, 5.41) is 3.22. The summed E-state index contributed by atoms with van der Waals surface area (Å²) in [6, 6.07) is 9.11. The van der Waals surface area contributed by atoms with Gasteiger partial charge in [0.15, 0.2) is 0 Å². The molecule has 0 heterocycles. The van der Waals surface area contributed by atoms with E-state index in [-0.39, 0.29) is 0 Å². The van der Waals surface area contributed by atoms with E-state index >= 15 is 0 Å². The van der Waals surface area contributed by atoms with Crippen LogP contribution in [0.25, 0.3) is 0 Å². The molecular weight excluding hydrogens is 174 g/mol. The molecule has 2 heteroatoms. The Morgan fingerprint density at radius 2 is 1.93 bits per heavy atom. The van der Waals surface area contributed by atoms with Gasteiger partial charge in [-0.15, -0.1) is 0 Å². The normalized spacial score (nSPS) is 12.8. The first-order valence-corrected chi connectivity index (χ1v) is 5.03. The van der Waals surface area contributed by atoms with Gasteiger partial charge in [-0.25, -0.2) is 0 Å². The lowest BCUT2D eigenvalue weighted by Crippen LogP contribution is -2.12. The summed E-state index contributed by atoms with van der Waals surface area (Å²) in [5.74, 6) is 0. The van der Waals surface area contributed by atoms with Gasteiger partial charge in [0.2, 0.25) is 0 Å². The third kappa shape index (κ3) is 3.13. The van der Waals surface area contributed by atoms with Gasteiger partial charge < -0.3 is 10.1 Å². The highest BCUT2D eigenvalue weighted by atomic mass is 16.5. The van der Waals surface area contributed by atoms with Gasteiger partial charge in [0.05, 0.1) is 6.61 Å². The van der Waals surface area contributed by atoms with E-state index in [1.165, 1.54) is 11.1 Å². The lowest BCUT2D eigenvalue weighted by molar-refractivity contribution is 0.202. The van der Waals surface area contributed by atoms with Crippen molar-refractivity contribution in [1.29, 1.82) is 0 Å². The summed E-state index contributed by atoms with van der Waals surface area (Å²) in [4.78, 5) is 0. The van der Waals surface area contributed by atoms with Crippen molar-refractivity contribution in [2.24, 2.45) is 0 Å². The fourth-order valence-electron chi connectivity index (χ4n) is 1.36. The summed E-state index contributed by atoms with van der Waals surface area (Å²) in [6.45, 7) is 2.95. The largest absolute Gasteiger partial charge is 0.384 e. The van der Waals surface area contributed by atoms with Crippen LogP contribution >= 0.6 is 0 Å². The maximum atomic E-state index is 5.03. The van der Waals surface area contributed by atoms with E-state index in [1.807, 2.05) is 7.05 Å². The molecule has 0 aliphatic rings. The SMILES string of the molecule is CNC(C)c1ccc(CCOC)cc1. The number of ether oxygens (including phenoxy) is 1. The minimum Gasteiger partial charge on any atom is -0.384 e. The van der Waals surface area contributed by atoms with Crippen molar-refractivity contribution in [1.82, 2.24) is 5.32 Å². The Kier molecular flexibility index (Phi) is 4.63. The number of nitrogens with one attached hydrogen (secondary N) is 1. The van der Waals surface area contributed by atoms with Gasteiger partial charge >= 0.3 is 0 Å². The Morgan fingerprint density at radius 3 is 2.43 bits per heavy atom. The van der Waals surface area contributed by atoms with Crippen LogP contribution in [0, 0.1) is 0 Å². The van der Waals surface area contributed by atoms with Crippen molar-refractivity contribution >= 4 is 0 Å². The van der Waals surface area contributed by atoms with Gasteiger partial charge in [0.25, 0.3) is 0 Å². The maximum absolute atomic E-state index is 5.03. The van der Waals surface area contributed by atoms with Crippen molar-refractivity contribution < 1.29 is 4.74 Å². The van der Waals surface area contributed by atoms with Gasteiger partial charge in [-0.2, -0.15) is 0 Å². The molecule has 0 saturated heterocycles. The topological polar surface area (TPSA) is 21.3 Å². The molecule has 1 unspecified atom stereocenters. The van der Waals surface area contributed by atoms with E-state index in [9.17, 15) is 0 Å². The van der Waals surface area contributed by atoms with E-state index in [1.54, 1.807) is 7.11 Å². The number of hydrogen-bond donors (Lipinski definition) is 1. The highest BCUT2D eigenvalue weighted by Gasteiger charge is 2.01. The van der Waals surface area contributed by atoms with Crippen LogP contribution in [-0.4, -0.2) is 20.8 Å². The molecule has 0 aromatic heterocycles. The zero-order valence-electron chi connectivity index (χ0n) is 9.21. The molecule has 2 nitrogen and oxygen atoms in total. The zero-order valence-corrected chi connectivity index (χ0v) is 9.21. The molecular formula is C12H19NO. The Balaban J connectivity index is 2.59. The summed E-state index contributed by atoms with van der Waals surface area (Å²) in [7, 11) is 3.71. The first kappa shape index (κ1) is 11.2. The molecule has 1 rings (SSSR count). The van der Waals surface area contributed by atoms with Crippen molar-refractivity contribution in [2.45, 2.75) is 19.4 Å². The summed E-state index contributed by atoms with van der Waals surface area (Å²) < 4.78 is 5.03. The second-order valence-corrected chi connectivity index (χ2v) is 3.49. The number of methoxy groups -OCH3 is 1. The van der Waals surface area contributed by atoms with Crippen LogP contribution in [0.2, 0.25) is 0 Å². The van der Waals surface area contributed by atoms with Crippen LogP contribution in [0.1, 0.15) is 24.1 Å². The van der Waals surface area contributed by atoms with Crippen molar-refractivity contribution in [2.75, 3.05) is 20.8 Å². The minimum atomic E-state index is 0.423. The van der Waals surface area contributed by atoms with Crippen LogP contribution in [0.5, 0.6) is 0 Å². The summed E-state index contributed by atoms with van der Waals surface area (Å²) >= 11 is 0. The predicted octanol–water partition coefficient (Wildman–Crippen LogP) is 2.16. The van der Waals surface area contributed by atoms with E-state index in [4.69, 9.17) is 4.74 Å². The number of hydrogen-bond acceptors (Lipinski definition) is 2. The van der Waals surface area contributed by atoms with E-state index < -0.39 is 0 Å². The third-order valence-electron chi connectivity index (χ3n) is 2.51.